The number of carbonyl (C=O) groups excluding carboxylic acids is 6. The molecule has 18 heteroatoms. The van der Waals surface area contributed by atoms with E-state index in [0.717, 1.165) is 55.2 Å². The van der Waals surface area contributed by atoms with E-state index in [1.54, 1.807) is 55.8 Å². The number of aliphatic hydroxyl groups excluding tert-OH is 3. The highest BCUT2D eigenvalue weighted by atomic mass is 16.7. The maximum atomic E-state index is 13.0. The Labute approximate surface area is 561 Å². The number of rotatable bonds is 3. The predicted molar refractivity (Wildman–Crippen MR) is 343 cm³/mol. The van der Waals surface area contributed by atoms with Gasteiger partial charge in [0, 0.05) is 65.4 Å². The third-order valence-electron chi connectivity index (χ3n) is 31.7. The molecule has 3 spiro atoms. The number of aliphatic hydroxyl groups is 3. The lowest BCUT2D eigenvalue weighted by atomic mass is 9.36. The Balaban J connectivity index is 0.000000113. The molecule has 18 rings (SSSR count). The van der Waals surface area contributed by atoms with Gasteiger partial charge in [0.15, 0.2) is 35.7 Å². The second kappa shape index (κ2) is 19.4. The summed E-state index contributed by atoms with van der Waals surface area (Å²) in [6, 6.07) is 5.54. The lowest BCUT2D eigenvalue weighted by Gasteiger charge is -2.68. The molecule has 0 radical (unpaired) electrons. The van der Waals surface area contributed by atoms with Gasteiger partial charge < -0.3 is 57.0 Å². The first kappa shape index (κ1) is 64.9. The van der Waals surface area contributed by atoms with E-state index < -0.39 is 120 Å². The van der Waals surface area contributed by atoms with Crippen molar-refractivity contribution < 1.29 is 85.8 Å². The van der Waals surface area contributed by atoms with E-state index in [4.69, 9.17) is 41.7 Å². The van der Waals surface area contributed by atoms with Gasteiger partial charge in [-0.2, -0.15) is 0 Å². The van der Waals surface area contributed by atoms with Crippen molar-refractivity contribution in [2.45, 2.75) is 233 Å². The zero-order valence-corrected chi connectivity index (χ0v) is 58.1. The third kappa shape index (κ3) is 7.16. The summed E-state index contributed by atoms with van der Waals surface area (Å²) in [5.41, 5.74) is -5.84. The lowest BCUT2D eigenvalue weighted by Crippen LogP contribution is -2.72. The van der Waals surface area contributed by atoms with Crippen molar-refractivity contribution in [3.8, 4) is 0 Å². The molecule has 6 saturated carbocycles. The van der Waals surface area contributed by atoms with Crippen LogP contribution in [0, 0.1) is 100 Å². The highest BCUT2D eigenvalue weighted by Gasteiger charge is 2.91. The molecule has 3 aromatic rings. The minimum Gasteiger partial charge on any atom is -0.472 e. The number of cyclic esters (lactones) is 3. The molecule has 0 amide bonds. The van der Waals surface area contributed by atoms with Crippen LogP contribution in [-0.4, -0.2) is 104 Å². The minimum atomic E-state index is -0.812. The summed E-state index contributed by atoms with van der Waals surface area (Å²) in [6.45, 7) is 31.5. The van der Waals surface area contributed by atoms with Crippen molar-refractivity contribution in [2.75, 3.05) is 0 Å². The molecule has 96 heavy (non-hydrogen) atoms. The quantitative estimate of drug-likeness (QED) is 0.125. The summed E-state index contributed by atoms with van der Waals surface area (Å²) >= 11 is 0. The Kier molecular flexibility index (Phi) is 13.1. The second-order valence-corrected chi connectivity index (χ2v) is 36.0. The van der Waals surface area contributed by atoms with Gasteiger partial charge >= 0.3 is 17.9 Å². The third-order valence-corrected chi connectivity index (χ3v) is 31.7. The average molecular weight is 1320 g/mol. The normalized spacial score (nSPS) is 52.9. The van der Waals surface area contributed by atoms with Crippen molar-refractivity contribution in [3.05, 3.63) is 109 Å². The summed E-state index contributed by atoms with van der Waals surface area (Å²) in [7, 11) is 0. The van der Waals surface area contributed by atoms with E-state index in [9.17, 15) is 44.1 Å². The second-order valence-electron chi connectivity index (χ2n) is 36.0. The van der Waals surface area contributed by atoms with Crippen molar-refractivity contribution in [3.63, 3.8) is 0 Å². The van der Waals surface area contributed by atoms with E-state index in [-0.39, 0.29) is 87.0 Å². The molecule has 0 bridgehead atoms. The molecule has 6 aliphatic heterocycles. The fourth-order valence-electron chi connectivity index (χ4n) is 26.6. The van der Waals surface area contributed by atoms with Crippen molar-refractivity contribution in [1.82, 2.24) is 0 Å². The summed E-state index contributed by atoms with van der Waals surface area (Å²) in [5, 5.41) is 35.4. The van der Waals surface area contributed by atoms with Gasteiger partial charge in [0.25, 0.3) is 0 Å². The summed E-state index contributed by atoms with van der Waals surface area (Å²) in [6.07, 6.45) is 22.2. The monoisotopic (exact) mass is 1320 g/mol. The topological polar surface area (TPSA) is 268 Å². The molecular formula is C78H96O18. The van der Waals surface area contributed by atoms with Gasteiger partial charge in [0.2, 0.25) is 0 Å². The van der Waals surface area contributed by atoms with Gasteiger partial charge in [-0.25, -0.2) is 14.4 Å². The SMILES string of the molecule is CC1(C)C(=O)C=C[C@]2(C)[C@H]3CC[C@@]4(C)[C@H](c5ccoc5)OC(=O)[C@H]5O[C@]54[C@]3(C)[C@H](O)C[C@@H]12.CC1(C)C(=O)C=C[C@]2(C)[C@H]3CC[C@@]4(C)[C@H](c5ccoc5)OC(=O)[C@H]5O[C@]54[C@]3(C)[C@H](O)C[C@@H]12.CC1(C)C(=O)C=C[C@]2(C)[C@H]3CC[C@@]4(C)[C@H](c5ccoc5)OC(=O)[C@H]5O[C@]54[C@]3(C)[C@H](O)C[C@@H]12. The number of esters is 3. The first-order valence-electron chi connectivity index (χ1n) is 35.3. The number of fused-ring (bicyclic) bond motifs is 9. The van der Waals surface area contributed by atoms with Crippen molar-refractivity contribution >= 4 is 35.3 Å². The molecule has 9 aliphatic carbocycles. The van der Waals surface area contributed by atoms with Crippen LogP contribution in [0.15, 0.2) is 105 Å². The van der Waals surface area contributed by atoms with Crippen LogP contribution in [0.1, 0.15) is 197 Å². The molecular weight excluding hydrogens is 1220 g/mol. The maximum Gasteiger partial charge on any atom is 0.339 e. The maximum absolute atomic E-state index is 13.0. The fraction of sp³-hybridized carbons (Fsp3) is 0.692. The zero-order chi connectivity index (χ0) is 68.7. The Hall–Kier alpha value is -5.76. The summed E-state index contributed by atoms with van der Waals surface area (Å²) in [5.74, 6) is -0.413. The number of furan rings is 3. The standard InChI is InChI=1S/3C26H32O6/c3*1-22(2)16-12-18(28)25(5)15(23(16,3)9-7-17(22)27)6-10-24(4)19(14-8-11-30-13-14)31-21(29)20-26(24,25)32-20/h3*7-9,11,13,15-16,18-20,28H,6,10,12H2,1-5H3/t3*15-,16+,18-,19+,20-,23-,24+,25+,26-/m111/s1. The van der Waals surface area contributed by atoms with Gasteiger partial charge in [0.1, 0.15) is 35.1 Å². The first-order chi connectivity index (χ1) is 44.8. The molecule has 0 aromatic carbocycles. The molecule has 3 aromatic heterocycles. The number of ether oxygens (including phenoxy) is 6. The molecule has 516 valence electrons. The molecule has 27 atom stereocenters. The predicted octanol–water partition coefficient (Wildman–Crippen LogP) is 12.0. The molecule has 3 N–H and O–H groups in total. The first-order valence-corrected chi connectivity index (χ1v) is 35.3. The largest absolute Gasteiger partial charge is 0.472 e. The Morgan fingerprint density at radius 2 is 0.604 bits per heavy atom. The van der Waals surface area contributed by atoms with Crippen LogP contribution in [0.3, 0.4) is 0 Å². The number of epoxide rings is 3. The molecule has 12 fully saturated rings. The molecule has 18 nitrogen and oxygen atoms in total. The zero-order valence-electron chi connectivity index (χ0n) is 58.1. The fourth-order valence-corrected chi connectivity index (χ4v) is 26.6. The Morgan fingerprint density at radius 3 is 0.833 bits per heavy atom. The van der Waals surface area contributed by atoms with Gasteiger partial charge in [-0.15, -0.1) is 0 Å². The molecule has 6 saturated heterocycles. The van der Waals surface area contributed by atoms with Crippen molar-refractivity contribution in [1.29, 1.82) is 0 Å². The lowest BCUT2D eigenvalue weighted by molar-refractivity contribution is -0.246. The smallest absolute Gasteiger partial charge is 0.339 e. The van der Waals surface area contributed by atoms with Crippen LogP contribution in [0.4, 0.5) is 0 Å². The van der Waals surface area contributed by atoms with Crippen molar-refractivity contribution in [2.24, 2.45) is 100 Å². The van der Waals surface area contributed by atoms with Gasteiger partial charge in [-0.1, -0.05) is 122 Å². The van der Waals surface area contributed by atoms with E-state index in [2.05, 4.69) is 80.5 Å². The van der Waals surface area contributed by atoms with Gasteiger partial charge in [-0.3, -0.25) is 14.4 Å². The van der Waals surface area contributed by atoms with Crippen LogP contribution >= 0.6 is 0 Å². The highest BCUT2D eigenvalue weighted by molar-refractivity contribution is 5.97. The number of carbonyl (C=O) groups is 6. The Bertz CT molecular complexity index is 3520. The number of hydrogen-bond acceptors (Lipinski definition) is 18. The van der Waals surface area contributed by atoms with E-state index >= 15 is 0 Å². The van der Waals surface area contributed by atoms with E-state index in [1.165, 1.54) is 0 Å². The van der Waals surface area contributed by atoms with E-state index in [1.807, 2.05) is 59.7 Å². The van der Waals surface area contributed by atoms with Crippen LogP contribution in [-0.2, 0) is 57.2 Å². The van der Waals surface area contributed by atoms with Gasteiger partial charge in [0.05, 0.1) is 55.9 Å². The van der Waals surface area contributed by atoms with Crippen LogP contribution in [0.2, 0.25) is 0 Å². The highest BCUT2D eigenvalue weighted by Crippen LogP contribution is 2.83. The summed E-state index contributed by atoms with van der Waals surface area (Å²) in [4.78, 5) is 77.4. The number of hydrogen-bond donors (Lipinski definition) is 3. The average Bonchev–Trinajstić information content (AvgIpc) is 1.45. The van der Waals surface area contributed by atoms with E-state index in [0.29, 0.717) is 19.3 Å². The molecule has 15 aliphatic rings. The molecule has 9 heterocycles. The Morgan fingerprint density at radius 1 is 0.354 bits per heavy atom. The van der Waals surface area contributed by atoms with Crippen LogP contribution in [0.5, 0.6) is 0 Å². The van der Waals surface area contributed by atoms with Crippen LogP contribution in [0.25, 0.3) is 0 Å². The minimum absolute atomic E-state index is 0.0266. The van der Waals surface area contributed by atoms with Gasteiger partial charge in [-0.05, 0) is 146 Å². The number of ketones is 3. The number of allylic oxidation sites excluding steroid dienone is 6. The molecule has 0 unspecified atom stereocenters. The van der Waals surface area contributed by atoms with Crippen LogP contribution < -0.4 is 0 Å². The summed E-state index contributed by atoms with van der Waals surface area (Å²) < 4.78 is 52.9.